The third-order valence-electron chi connectivity index (χ3n) is 3.01. The maximum atomic E-state index is 13.6. The number of halogens is 1. The van der Waals surface area contributed by atoms with E-state index in [0.29, 0.717) is 30.8 Å². The normalized spacial score (nSPS) is 12.3. The Morgan fingerprint density at radius 2 is 2.21 bits per heavy atom. The number of benzene rings is 1. The summed E-state index contributed by atoms with van der Waals surface area (Å²) in [6.07, 6.45) is 1.06. The lowest BCUT2D eigenvalue weighted by molar-refractivity contribution is 0.197. The van der Waals surface area contributed by atoms with Gasteiger partial charge in [-0.1, -0.05) is 6.08 Å². The minimum atomic E-state index is -0.722. The first-order chi connectivity index (χ1) is 9.01. The second-order valence-electron chi connectivity index (χ2n) is 4.56. The van der Waals surface area contributed by atoms with E-state index >= 15 is 0 Å². The highest BCUT2D eigenvalue weighted by molar-refractivity contribution is 5.57. The molecule has 0 aliphatic carbocycles. The van der Waals surface area contributed by atoms with Gasteiger partial charge in [0.15, 0.2) is 0 Å². The molecule has 19 heavy (non-hydrogen) atoms. The highest BCUT2D eigenvalue weighted by Crippen LogP contribution is 2.29. The van der Waals surface area contributed by atoms with Crippen molar-refractivity contribution in [3.63, 3.8) is 0 Å². The van der Waals surface area contributed by atoms with Gasteiger partial charge < -0.3 is 14.7 Å². The van der Waals surface area contributed by atoms with Crippen LogP contribution >= 0.6 is 0 Å². The van der Waals surface area contributed by atoms with Gasteiger partial charge >= 0.3 is 0 Å². The van der Waals surface area contributed by atoms with Crippen LogP contribution in [-0.4, -0.2) is 31.9 Å². The average Bonchev–Trinajstić information content (AvgIpc) is 2.37. The summed E-state index contributed by atoms with van der Waals surface area (Å²) in [5, 5.41) is 9.81. The Hall–Kier alpha value is -1.39. The number of ether oxygens (including phenoxy) is 1. The molecule has 0 aliphatic heterocycles. The fraction of sp³-hybridized carbons (Fsp3) is 0.467. The van der Waals surface area contributed by atoms with E-state index in [-0.39, 0.29) is 5.82 Å². The molecule has 1 N–H and O–H groups in total. The summed E-state index contributed by atoms with van der Waals surface area (Å²) >= 11 is 0. The maximum Gasteiger partial charge on any atom is 0.126 e. The zero-order valence-corrected chi connectivity index (χ0v) is 11.8. The smallest absolute Gasteiger partial charge is 0.126 e. The third-order valence-corrected chi connectivity index (χ3v) is 3.01. The molecule has 0 aliphatic rings. The zero-order valence-electron chi connectivity index (χ0n) is 11.8. The van der Waals surface area contributed by atoms with Gasteiger partial charge in [-0.3, -0.25) is 0 Å². The Labute approximate surface area is 114 Å². The molecule has 1 aromatic carbocycles. The van der Waals surface area contributed by atoms with Gasteiger partial charge in [0.05, 0.1) is 12.7 Å². The van der Waals surface area contributed by atoms with Crippen molar-refractivity contribution >= 4 is 5.69 Å². The first-order valence-electron chi connectivity index (χ1n) is 6.34. The van der Waals surface area contributed by atoms with Crippen LogP contribution < -0.4 is 4.90 Å². The Bertz CT molecular complexity index is 432. The van der Waals surface area contributed by atoms with Gasteiger partial charge in [-0.25, -0.2) is 4.39 Å². The van der Waals surface area contributed by atoms with Gasteiger partial charge in [-0.2, -0.15) is 0 Å². The first kappa shape index (κ1) is 15.7. The molecule has 106 valence electrons. The minimum Gasteiger partial charge on any atom is -0.389 e. The topological polar surface area (TPSA) is 32.7 Å². The average molecular weight is 267 g/mol. The number of nitrogens with zero attached hydrogens (tertiary/aromatic N) is 1. The highest BCUT2D eigenvalue weighted by atomic mass is 19.1. The number of aliphatic hydroxyl groups is 1. The summed E-state index contributed by atoms with van der Waals surface area (Å²) in [7, 11) is 1.64. The summed E-state index contributed by atoms with van der Waals surface area (Å²) in [5.74, 6) is -0.301. The summed E-state index contributed by atoms with van der Waals surface area (Å²) < 4.78 is 18.7. The molecule has 0 bridgehead atoms. The van der Waals surface area contributed by atoms with E-state index in [0.717, 1.165) is 5.69 Å². The van der Waals surface area contributed by atoms with Crippen molar-refractivity contribution in [1.29, 1.82) is 0 Å². The molecule has 1 rings (SSSR count). The van der Waals surface area contributed by atoms with Gasteiger partial charge in [-0.15, -0.1) is 6.58 Å². The lowest BCUT2D eigenvalue weighted by Gasteiger charge is -2.27. The highest BCUT2D eigenvalue weighted by Gasteiger charge is 2.16. The van der Waals surface area contributed by atoms with Crippen LogP contribution in [0.15, 0.2) is 24.8 Å². The van der Waals surface area contributed by atoms with Crippen LogP contribution in [0.5, 0.6) is 0 Å². The molecule has 3 nitrogen and oxygen atoms in total. The van der Waals surface area contributed by atoms with Crippen molar-refractivity contribution in [2.24, 2.45) is 0 Å². The second kappa shape index (κ2) is 7.26. The van der Waals surface area contributed by atoms with Crippen molar-refractivity contribution < 1.29 is 14.2 Å². The van der Waals surface area contributed by atoms with E-state index < -0.39 is 6.10 Å². The number of anilines is 1. The fourth-order valence-corrected chi connectivity index (χ4v) is 1.96. The molecule has 0 aromatic heterocycles. The van der Waals surface area contributed by atoms with Crippen LogP contribution in [0.25, 0.3) is 0 Å². The van der Waals surface area contributed by atoms with Gasteiger partial charge in [0.1, 0.15) is 5.82 Å². The van der Waals surface area contributed by atoms with E-state index in [4.69, 9.17) is 4.74 Å². The largest absolute Gasteiger partial charge is 0.389 e. The molecule has 0 heterocycles. The molecule has 0 fully saturated rings. The van der Waals surface area contributed by atoms with Crippen LogP contribution in [0.1, 0.15) is 24.2 Å². The Kier molecular flexibility index (Phi) is 5.99. The van der Waals surface area contributed by atoms with Gasteiger partial charge in [-0.05, 0) is 31.5 Å². The number of aliphatic hydroxyl groups excluding tert-OH is 1. The molecule has 0 unspecified atom stereocenters. The molecule has 0 spiro atoms. The van der Waals surface area contributed by atoms with Gasteiger partial charge in [0.25, 0.3) is 0 Å². The van der Waals surface area contributed by atoms with E-state index in [1.807, 2.05) is 4.90 Å². The molecule has 0 amide bonds. The van der Waals surface area contributed by atoms with Crippen molar-refractivity contribution in [3.8, 4) is 0 Å². The standard InChI is InChI=1S/C15H22FNO2/c1-5-6-17(7-8-19-4)15-9-11(2)14(16)10-13(15)12(3)18/h5,9-10,12,18H,1,6-8H2,2-4H3/t12-/m0/s1. The maximum absolute atomic E-state index is 13.6. The van der Waals surface area contributed by atoms with Crippen LogP contribution in [0.3, 0.4) is 0 Å². The van der Waals surface area contributed by atoms with E-state index in [1.54, 1.807) is 33.1 Å². The van der Waals surface area contributed by atoms with Crippen molar-refractivity contribution in [2.75, 3.05) is 31.7 Å². The van der Waals surface area contributed by atoms with Crippen molar-refractivity contribution in [3.05, 3.63) is 41.7 Å². The van der Waals surface area contributed by atoms with Crippen LogP contribution in [-0.2, 0) is 4.74 Å². The van der Waals surface area contributed by atoms with E-state index in [1.165, 1.54) is 6.07 Å². The lowest BCUT2D eigenvalue weighted by atomic mass is 10.0. The molecule has 0 saturated carbocycles. The second-order valence-corrected chi connectivity index (χ2v) is 4.56. The number of rotatable bonds is 7. The predicted octanol–water partition coefficient (Wildman–Crippen LogP) is 2.83. The third kappa shape index (κ3) is 4.04. The Balaban J connectivity index is 3.18. The molecular weight excluding hydrogens is 245 g/mol. The summed E-state index contributed by atoms with van der Waals surface area (Å²) in [6, 6.07) is 3.16. The first-order valence-corrected chi connectivity index (χ1v) is 6.34. The number of hydrogen-bond acceptors (Lipinski definition) is 3. The predicted molar refractivity (Wildman–Crippen MR) is 76.1 cm³/mol. The molecular formula is C15H22FNO2. The van der Waals surface area contributed by atoms with Crippen LogP contribution in [0, 0.1) is 12.7 Å². The number of methoxy groups -OCH3 is 1. The monoisotopic (exact) mass is 267 g/mol. The van der Waals surface area contributed by atoms with E-state index in [2.05, 4.69) is 6.58 Å². The minimum absolute atomic E-state index is 0.301. The Morgan fingerprint density at radius 1 is 1.53 bits per heavy atom. The van der Waals surface area contributed by atoms with Crippen molar-refractivity contribution in [2.45, 2.75) is 20.0 Å². The van der Waals surface area contributed by atoms with Crippen LogP contribution in [0.4, 0.5) is 10.1 Å². The Morgan fingerprint density at radius 3 is 2.74 bits per heavy atom. The van der Waals surface area contributed by atoms with E-state index in [9.17, 15) is 9.50 Å². The van der Waals surface area contributed by atoms with Crippen molar-refractivity contribution in [1.82, 2.24) is 0 Å². The molecule has 1 atom stereocenters. The van der Waals surface area contributed by atoms with Gasteiger partial charge in [0.2, 0.25) is 0 Å². The summed E-state index contributed by atoms with van der Waals surface area (Å²) in [5.41, 5.74) is 1.97. The zero-order chi connectivity index (χ0) is 14.4. The van der Waals surface area contributed by atoms with Crippen LogP contribution in [0.2, 0.25) is 0 Å². The molecule has 1 aromatic rings. The van der Waals surface area contributed by atoms with Gasteiger partial charge in [0, 0.05) is 31.5 Å². The number of hydrogen-bond donors (Lipinski definition) is 1. The summed E-state index contributed by atoms with van der Waals surface area (Å²) in [6.45, 7) is 8.92. The molecule has 4 heteroatoms. The molecule has 0 saturated heterocycles. The summed E-state index contributed by atoms with van der Waals surface area (Å²) in [4.78, 5) is 2.02. The lowest BCUT2D eigenvalue weighted by Crippen LogP contribution is -2.28. The fourth-order valence-electron chi connectivity index (χ4n) is 1.96. The molecule has 0 radical (unpaired) electrons. The SMILES string of the molecule is C=CCN(CCOC)c1cc(C)c(F)cc1[C@H](C)O. The number of aryl methyl sites for hydroxylation is 1. The quantitative estimate of drug-likeness (QED) is 0.771.